The van der Waals surface area contributed by atoms with Crippen molar-refractivity contribution in [3.8, 4) is 0 Å². The molecule has 0 spiro atoms. The highest BCUT2D eigenvalue weighted by Gasteiger charge is 2.08. The summed E-state index contributed by atoms with van der Waals surface area (Å²) >= 11 is 0. The molecule has 108 valence electrons. The molecule has 0 saturated carbocycles. The number of aromatic nitrogens is 2. The quantitative estimate of drug-likeness (QED) is 0.879. The van der Waals surface area contributed by atoms with E-state index >= 15 is 0 Å². The summed E-state index contributed by atoms with van der Waals surface area (Å²) in [5.41, 5.74) is 2.42. The number of hydrogen-bond acceptors (Lipinski definition) is 3. The van der Waals surface area contributed by atoms with Crippen LogP contribution in [0.2, 0.25) is 0 Å². The van der Waals surface area contributed by atoms with E-state index in [2.05, 4.69) is 24.1 Å². The topological polar surface area (TPSA) is 46.9 Å². The van der Waals surface area contributed by atoms with Crippen LogP contribution in [-0.2, 0) is 6.54 Å². The maximum atomic E-state index is 12.3. The van der Waals surface area contributed by atoms with E-state index in [9.17, 15) is 4.79 Å². The predicted molar refractivity (Wildman–Crippen MR) is 83.1 cm³/mol. The van der Waals surface area contributed by atoms with Gasteiger partial charge in [0.25, 0.3) is 5.56 Å². The second-order valence-corrected chi connectivity index (χ2v) is 5.24. The van der Waals surface area contributed by atoms with Crippen molar-refractivity contribution in [2.24, 2.45) is 0 Å². The summed E-state index contributed by atoms with van der Waals surface area (Å²) in [6.07, 6.45) is 2.05. The zero-order chi connectivity index (χ0) is 14.5. The van der Waals surface area contributed by atoms with Crippen molar-refractivity contribution in [3.63, 3.8) is 0 Å². The molecule has 4 heteroatoms. The fourth-order valence-electron chi connectivity index (χ4n) is 2.55. The molecule has 1 heterocycles. The molecule has 1 aromatic carbocycles. The molecule has 2 aromatic rings. The molecule has 4 nitrogen and oxygen atoms in total. The first-order chi connectivity index (χ1) is 9.63. The van der Waals surface area contributed by atoms with Gasteiger partial charge in [0.05, 0.1) is 11.0 Å². The van der Waals surface area contributed by atoms with Gasteiger partial charge in [-0.25, -0.2) is 4.98 Å². The smallest absolute Gasteiger partial charge is 0.272 e. The van der Waals surface area contributed by atoms with Gasteiger partial charge in [-0.1, -0.05) is 19.1 Å². The normalized spacial score (nSPS) is 12.8. The van der Waals surface area contributed by atoms with Gasteiger partial charge in [0.1, 0.15) is 5.69 Å². The van der Waals surface area contributed by atoms with E-state index in [1.807, 2.05) is 28.8 Å². The summed E-state index contributed by atoms with van der Waals surface area (Å²) in [6, 6.07) is 8.33. The third-order valence-electron chi connectivity index (χ3n) is 3.59. The average molecular weight is 273 g/mol. The van der Waals surface area contributed by atoms with Crippen LogP contribution in [-0.4, -0.2) is 22.1 Å². The minimum Gasteiger partial charge on any atom is -0.315 e. The number of aryl methyl sites for hydroxylation is 2. The lowest BCUT2D eigenvalue weighted by molar-refractivity contribution is 0.486. The molecule has 0 saturated heterocycles. The van der Waals surface area contributed by atoms with Crippen LogP contribution < -0.4 is 10.9 Å². The Labute approximate surface area is 119 Å². The third kappa shape index (κ3) is 3.25. The number of nitrogens with zero attached hydrogens (tertiary/aromatic N) is 2. The van der Waals surface area contributed by atoms with E-state index in [0.29, 0.717) is 11.7 Å². The Kier molecular flexibility index (Phi) is 4.90. The summed E-state index contributed by atoms with van der Waals surface area (Å²) in [7, 11) is 0. The fraction of sp³-hybridized carbons (Fsp3) is 0.500. The molecule has 0 fully saturated rings. The van der Waals surface area contributed by atoms with Crippen molar-refractivity contribution in [1.82, 2.24) is 14.9 Å². The third-order valence-corrected chi connectivity index (χ3v) is 3.59. The van der Waals surface area contributed by atoms with Crippen LogP contribution in [0.1, 0.15) is 32.4 Å². The summed E-state index contributed by atoms with van der Waals surface area (Å²) in [4.78, 5) is 16.6. The van der Waals surface area contributed by atoms with E-state index in [-0.39, 0.29) is 5.56 Å². The lowest BCUT2D eigenvalue weighted by atomic mass is 10.1. The fourth-order valence-corrected chi connectivity index (χ4v) is 2.55. The molecule has 0 aliphatic heterocycles. The van der Waals surface area contributed by atoms with Crippen molar-refractivity contribution >= 4 is 11.0 Å². The summed E-state index contributed by atoms with van der Waals surface area (Å²) in [6.45, 7) is 7.81. The van der Waals surface area contributed by atoms with Crippen LogP contribution in [0.5, 0.6) is 0 Å². The second-order valence-electron chi connectivity index (χ2n) is 5.24. The monoisotopic (exact) mass is 273 g/mol. The van der Waals surface area contributed by atoms with E-state index in [4.69, 9.17) is 0 Å². The van der Waals surface area contributed by atoms with Gasteiger partial charge in [-0.15, -0.1) is 0 Å². The molecule has 1 atom stereocenters. The lowest BCUT2D eigenvalue weighted by Crippen LogP contribution is -2.27. The summed E-state index contributed by atoms with van der Waals surface area (Å²) in [5.74, 6) is 0. The molecule has 1 unspecified atom stereocenters. The van der Waals surface area contributed by atoms with Gasteiger partial charge in [-0.05, 0) is 45.4 Å². The van der Waals surface area contributed by atoms with E-state index in [1.54, 1.807) is 6.92 Å². The van der Waals surface area contributed by atoms with E-state index < -0.39 is 0 Å². The molecule has 1 N–H and O–H groups in total. The van der Waals surface area contributed by atoms with Crippen molar-refractivity contribution < 1.29 is 0 Å². The number of para-hydroxylation sites is 2. The minimum atomic E-state index is 0.0276. The maximum Gasteiger partial charge on any atom is 0.272 e. The predicted octanol–water partition coefficient (Wildman–Crippen LogP) is 2.48. The highest BCUT2D eigenvalue weighted by Crippen LogP contribution is 2.11. The highest BCUT2D eigenvalue weighted by molar-refractivity contribution is 5.74. The number of fused-ring (bicyclic) bond motifs is 1. The summed E-state index contributed by atoms with van der Waals surface area (Å²) < 4.78 is 1.86. The van der Waals surface area contributed by atoms with Gasteiger partial charge in [0, 0.05) is 12.6 Å². The molecular formula is C16H23N3O. The Balaban J connectivity index is 2.20. The first kappa shape index (κ1) is 14.7. The minimum absolute atomic E-state index is 0.0276. The second kappa shape index (κ2) is 6.66. The standard InChI is InChI=1S/C16H23N3O/c1-4-17-12(2)8-7-11-19-15-10-6-5-9-14(15)18-13(3)16(19)20/h5-6,9-10,12,17H,4,7-8,11H2,1-3H3. The number of rotatable bonds is 6. The zero-order valence-corrected chi connectivity index (χ0v) is 12.5. The van der Waals surface area contributed by atoms with Crippen molar-refractivity contribution in [1.29, 1.82) is 0 Å². The maximum absolute atomic E-state index is 12.3. The van der Waals surface area contributed by atoms with Gasteiger partial charge >= 0.3 is 0 Å². The molecule has 0 bridgehead atoms. The van der Waals surface area contributed by atoms with Crippen LogP contribution in [0.4, 0.5) is 0 Å². The van der Waals surface area contributed by atoms with Crippen LogP contribution >= 0.6 is 0 Å². The average Bonchev–Trinajstić information content (AvgIpc) is 2.43. The lowest BCUT2D eigenvalue weighted by Gasteiger charge is -2.14. The Hall–Kier alpha value is -1.68. The van der Waals surface area contributed by atoms with Gasteiger partial charge in [-0.2, -0.15) is 0 Å². The molecule has 2 rings (SSSR count). The largest absolute Gasteiger partial charge is 0.315 e. The van der Waals surface area contributed by atoms with E-state index in [0.717, 1.165) is 37.0 Å². The number of hydrogen-bond donors (Lipinski definition) is 1. The first-order valence-electron chi connectivity index (χ1n) is 7.33. The number of benzene rings is 1. The molecule has 1 aromatic heterocycles. The number of nitrogens with one attached hydrogen (secondary N) is 1. The van der Waals surface area contributed by atoms with Crippen molar-refractivity contribution in [3.05, 3.63) is 40.3 Å². The molecule has 0 aliphatic rings. The Morgan fingerprint density at radius 3 is 2.85 bits per heavy atom. The Morgan fingerprint density at radius 2 is 2.10 bits per heavy atom. The molecule has 0 radical (unpaired) electrons. The Morgan fingerprint density at radius 1 is 1.35 bits per heavy atom. The SMILES string of the molecule is CCNC(C)CCCn1c(=O)c(C)nc2ccccc21. The van der Waals surface area contributed by atoms with Crippen molar-refractivity contribution in [2.45, 2.75) is 46.2 Å². The van der Waals surface area contributed by atoms with Crippen LogP contribution in [0, 0.1) is 6.92 Å². The molecular weight excluding hydrogens is 250 g/mol. The van der Waals surface area contributed by atoms with Crippen LogP contribution in [0.3, 0.4) is 0 Å². The van der Waals surface area contributed by atoms with Gasteiger partial charge in [0.2, 0.25) is 0 Å². The summed E-state index contributed by atoms with van der Waals surface area (Å²) in [5, 5.41) is 3.40. The molecule has 0 aliphatic carbocycles. The Bertz CT molecular complexity index is 633. The van der Waals surface area contributed by atoms with Gasteiger partial charge in [0.15, 0.2) is 0 Å². The van der Waals surface area contributed by atoms with Gasteiger partial charge < -0.3 is 9.88 Å². The van der Waals surface area contributed by atoms with Gasteiger partial charge in [-0.3, -0.25) is 4.79 Å². The van der Waals surface area contributed by atoms with E-state index in [1.165, 1.54) is 0 Å². The van der Waals surface area contributed by atoms with Crippen LogP contribution in [0.25, 0.3) is 11.0 Å². The molecule has 20 heavy (non-hydrogen) atoms. The van der Waals surface area contributed by atoms with Crippen LogP contribution in [0.15, 0.2) is 29.1 Å². The highest BCUT2D eigenvalue weighted by atomic mass is 16.1. The first-order valence-corrected chi connectivity index (χ1v) is 7.33. The zero-order valence-electron chi connectivity index (χ0n) is 12.5. The van der Waals surface area contributed by atoms with Crippen molar-refractivity contribution in [2.75, 3.05) is 6.54 Å². The molecule has 0 amide bonds.